The summed E-state index contributed by atoms with van der Waals surface area (Å²) in [4.78, 5) is 26.7. The highest BCUT2D eigenvalue weighted by Gasteiger charge is 2.30. The molecular formula is C21H24F3N3O2. The molecule has 2 N–H and O–H groups in total. The second-order valence-electron chi connectivity index (χ2n) is 7.26. The molecule has 0 spiro atoms. The number of nitrogens with zero attached hydrogens (tertiary/aromatic N) is 1. The third kappa shape index (κ3) is 5.97. The Kier molecular flexibility index (Phi) is 6.89. The van der Waals surface area contributed by atoms with E-state index < -0.39 is 17.6 Å². The number of rotatable bonds is 6. The Morgan fingerprint density at radius 2 is 1.62 bits per heavy atom. The van der Waals surface area contributed by atoms with Crippen molar-refractivity contribution in [3.63, 3.8) is 0 Å². The minimum absolute atomic E-state index is 0.0838. The summed E-state index contributed by atoms with van der Waals surface area (Å²) in [5.74, 6) is -0.554. The number of alkyl halides is 3. The Morgan fingerprint density at radius 3 is 2.14 bits per heavy atom. The number of carbonyl (C=O) groups excluding carboxylic acids is 2. The SMILES string of the molecule is CC(C)CNC(=O)c1cc(NC(=O)c2ccc(C(F)(F)F)cc2)ccc1N(C)C. The Labute approximate surface area is 167 Å². The molecule has 0 unspecified atom stereocenters. The van der Waals surface area contributed by atoms with Crippen LogP contribution in [0.2, 0.25) is 0 Å². The van der Waals surface area contributed by atoms with E-state index in [1.807, 2.05) is 13.8 Å². The fourth-order valence-corrected chi connectivity index (χ4v) is 2.59. The average Bonchev–Trinajstić information content (AvgIpc) is 2.65. The summed E-state index contributed by atoms with van der Waals surface area (Å²) in [7, 11) is 3.60. The van der Waals surface area contributed by atoms with Crippen molar-refractivity contribution in [2.45, 2.75) is 20.0 Å². The molecule has 5 nitrogen and oxygen atoms in total. The van der Waals surface area contributed by atoms with Gasteiger partial charge in [0, 0.05) is 37.6 Å². The van der Waals surface area contributed by atoms with Gasteiger partial charge in [0.15, 0.2) is 0 Å². The van der Waals surface area contributed by atoms with Gasteiger partial charge in [-0.2, -0.15) is 13.2 Å². The lowest BCUT2D eigenvalue weighted by Gasteiger charge is -2.19. The van der Waals surface area contributed by atoms with E-state index in [4.69, 9.17) is 0 Å². The summed E-state index contributed by atoms with van der Waals surface area (Å²) in [5, 5.41) is 5.47. The minimum Gasteiger partial charge on any atom is -0.377 e. The van der Waals surface area contributed by atoms with Gasteiger partial charge in [0.25, 0.3) is 11.8 Å². The summed E-state index contributed by atoms with van der Waals surface area (Å²) in [5.41, 5.74) is 0.698. The van der Waals surface area contributed by atoms with Crippen LogP contribution in [0.1, 0.15) is 40.1 Å². The molecule has 0 aliphatic rings. The van der Waals surface area contributed by atoms with Crippen molar-refractivity contribution in [3.05, 3.63) is 59.2 Å². The number of benzene rings is 2. The first-order chi connectivity index (χ1) is 13.5. The van der Waals surface area contributed by atoms with E-state index in [1.54, 1.807) is 37.2 Å². The number of anilines is 2. The molecular weight excluding hydrogens is 383 g/mol. The van der Waals surface area contributed by atoms with Gasteiger partial charge in [-0.25, -0.2) is 0 Å². The minimum atomic E-state index is -4.46. The number of nitrogens with one attached hydrogen (secondary N) is 2. The highest BCUT2D eigenvalue weighted by molar-refractivity contribution is 6.06. The Morgan fingerprint density at radius 1 is 1.00 bits per heavy atom. The summed E-state index contributed by atoms with van der Waals surface area (Å²) >= 11 is 0. The lowest BCUT2D eigenvalue weighted by atomic mass is 10.1. The zero-order valence-electron chi connectivity index (χ0n) is 16.7. The predicted octanol–water partition coefficient (Wildman–Crippen LogP) is 4.41. The van der Waals surface area contributed by atoms with Crippen molar-refractivity contribution in [1.82, 2.24) is 5.32 Å². The van der Waals surface area contributed by atoms with E-state index in [1.165, 1.54) is 0 Å². The fourth-order valence-electron chi connectivity index (χ4n) is 2.59. The maximum atomic E-state index is 12.7. The highest BCUT2D eigenvalue weighted by Crippen LogP contribution is 2.29. The molecule has 0 aromatic heterocycles. The molecule has 0 fully saturated rings. The largest absolute Gasteiger partial charge is 0.416 e. The van der Waals surface area contributed by atoms with Crippen LogP contribution in [0.5, 0.6) is 0 Å². The smallest absolute Gasteiger partial charge is 0.377 e. The zero-order valence-corrected chi connectivity index (χ0v) is 16.7. The molecule has 0 radical (unpaired) electrons. The van der Waals surface area contributed by atoms with Crippen LogP contribution in [0.4, 0.5) is 24.5 Å². The monoisotopic (exact) mass is 407 g/mol. The van der Waals surface area contributed by atoms with Gasteiger partial charge in [-0.3, -0.25) is 9.59 Å². The van der Waals surface area contributed by atoms with Crippen molar-refractivity contribution < 1.29 is 22.8 Å². The Hall–Kier alpha value is -3.03. The molecule has 0 aliphatic heterocycles. The number of hydrogen-bond donors (Lipinski definition) is 2. The van der Waals surface area contributed by atoms with E-state index in [9.17, 15) is 22.8 Å². The number of halogens is 3. The number of hydrogen-bond acceptors (Lipinski definition) is 3. The number of carbonyl (C=O) groups is 2. The first-order valence-electron chi connectivity index (χ1n) is 9.07. The topological polar surface area (TPSA) is 61.4 Å². The Bertz CT molecular complexity index is 876. The van der Waals surface area contributed by atoms with Crippen molar-refractivity contribution >= 4 is 23.2 Å². The van der Waals surface area contributed by atoms with Gasteiger partial charge in [-0.1, -0.05) is 13.8 Å². The van der Waals surface area contributed by atoms with Crippen LogP contribution in [-0.4, -0.2) is 32.5 Å². The second kappa shape index (κ2) is 8.98. The molecule has 2 amide bonds. The van der Waals surface area contributed by atoms with Crippen LogP contribution in [0, 0.1) is 5.92 Å². The normalized spacial score (nSPS) is 11.3. The van der Waals surface area contributed by atoms with E-state index in [-0.39, 0.29) is 17.4 Å². The quantitative estimate of drug-likeness (QED) is 0.746. The number of amides is 2. The maximum absolute atomic E-state index is 12.7. The standard InChI is InChI=1S/C21H24F3N3O2/c1-13(2)12-25-20(29)17-11-16(9-10-18(17)27(3)4)26-19(28)14-5-7-15(8-6-14)21(22,23)24/h5-11,13H,12H2,1-4H3,(H,25,29)(H,26,28). The summed E-state index contributed by atoms with van der Waals surface area (Å²) in [6, 6.07) is 8.82. The third-order valence-electron chi connectivity index (χ3n) is 4.13. The van der Waals surface area contributed by atoms with Gasteiger partial charge in [0.05, 0.1) is 11.1 Å². The lowest BCUT2D eigenvalue weighted by molar-refractivity contribution is -0.137. The van der Waals surface area contributed by atoms with Crippen LogP contribution in [0.3, 0.4) is 0 Å². The van der Waals surface area contributed by atoms with Crippen LogP contribution in [0.25, 0.3) is 0 Å². The molecule has 29 heavy (non-hydrogen) atoms. The van der Waals surface area contributed by atoms with Crippen molar-refractivity contribution in [2.75, 3.05) is 30.9 Å². The third-order valence-corrected chi connectivity index (χ3v) is 4.13. The molecule has 0 heterocycles. The lowest BCUT2D eigenvalue weighted by Crippen LogP contribution is -2.29. The van der Waals surface area contributed by atoms with Crippen LogP contribution in [-0.2, 0) is 6.18 Å². The van der Waals surface area contributed by atoms with Crippen LogP contribution in [0.15, 0.2) is 42.5 Å². The van der Waals surface area contributed by atoms with Gasteiger partial charge >= 0.3 is 6.18 Å². The molecule has 0 bridgehead atoms. The molecule has 2 aromatic rings. The molecule has 156 valence electrons. The van der Waals surface area contributed by atoms with Gasteiger partial charge in [-0.15, -0.1) is 0 Å². The molecule has 0 aliphatic carbocycles. The second-order valence-corrected chi connectivity index (χ2v) is 7.26. The molecule has 2 rings (SSSR count). The van der Waals surface area contributed by atoms with E-state index in [0.29, 0.717) is 23.5 Å². The van der Waals surface area contributed by atoms with Gasteiger partial charge in [0.1, 0.15) is 0 Å². The molecule has 8 heteroatoms. The van der Waals surface area contributed by atoms with E-state index in [0.717, 1.165) is 24.3 Å². The molecule has 0 saturated heterocycles. The maximum Gasteiger partial charge on any atom is 0.416 e. The fraction of sp³-hybridized carbons (Fsp3) is 0.333. The van der Waals surface area contributed by atoms with Crippen LogP contribution >= 0.6 is 0 Å². The Balaban J connectivity index is 2.23. The summed E-state index contributed by atoms with van der Waals surface area (Å²) in [6.07, 6.45) is -4.46. The van der Waals surface area contributed by atoms with Gasteiger partial charge in [0.2, 0.25) is 0 Å². The summed E-state index contributed by atoms with van der Waals surface area (Å²) in [6.45, 7) is 4.47. The van der Waals surface area contributed by atoms with E-state index in [2.05, 4.69) is 10.6 Å². The highest BCUT2D eigenvalue weighted by atomic mass is 19.4. The summed E-state index contributed by atoms with van der Waals surface area (Å²) < 4.78 is 38.0. The first kappa shape index (κ1) is 22.3. The molecule has 2 aromatic carbocycles. The van der Waals surface area contributed by atoms with Crippen molar-refractivity contribution in [1.29, 1.82) is 0 Å². The van der Waals surface area contributed by atoms with Crippen LogP contribution < -0.4 is 15.5 Å². The van der Waals surface area contributed by atoms with Crippen molar-refractivity contribution in [2.24, 2.45) is 5.92 Å². The molecule has 0 atom stereocenters. The van der Waals surface area contributed by atoms with Gasteiger partial charge in [-0.05, 0) is 48.4 Å². The predicted molar refractivity (Wildman–Crippen MR) is 107 cm³/mol. The van der Waals surface area contributed by atoms with E-state index >= 15 is 0 Å². The first-order valence-corrected chi connectivity index (χ1v) is 9.07. The average molecular weight is 407 g/mol. The zero-order chi connectivity index (χ0) is 21.8. The van der Waals surface area contributed by atoms with Crippen molar-refractivity contribution in [3.8, 4) is 0 Å². The molecule has 0 saturated carbocycles. The van der Waals surface area contributed by atoms with Gasteiger partial charge < -0.3 is 15.5 Å².